The molecule has 1 heterocycles. The summed E-state index contributed by atoms with van der Waals surface area (Å²) in [6, 6.07) is 8.03. The summed E-state index contributed by atoms with van der Waals surface area (Å²) in [5, 5.41) is 3.04. The number of hydrogen-bond donors (Lipinski definition) is 2. The maximum atomic E-state index is 12.8. The van der Waals surface area contributed by atoms with Crippen LogP contribution < -0.4 is 10.0 Å². The highest BCUT2D eigenvalue weighted by atomic mass is 35.5. The molecule has 0 saturated carbocycles. The van der Waals surface area contributed by atoms with Crippen LogP contribution in [0.3, 0.4) is 0 Å². The second-order valence-electron chi connectivity index (χ2n) is 6.85. The molecule has 1 aromatic heterocycles. The summed E-state index contributed by atoms with van der Waals surface area (Å²) in [6.07, 6.45) is 1.50. The molecule has 29 heavy (non-hydrogen) atoms. The highest BCUT2D eigenvalue weighted by Crippen LogP contribution is 2.16. The minimum Gasteiger partial charge on any atom is -0.467 e. The lowest BCUT2D eigenvalue weighted by atomic mass is 10.0. The monoisotopic (exact) mass is 441 g/mol. The van der Waals surface area contributed by atoms with E-state index in [-0.39, 0.29) is 29.8 Å². The van der Waals surface area contributed by atoms with Crippen molar-refractivity contribution < 1.29 is 22.4 Å². The Balaban J connectivity index is 2.01. The van der Waals surface area contributed by atoms with Crippen molar-refractivity contribution in [2.75, 3.05) is 13.6 Å². The molecular formula is C19H24ClN3O5S. The second kappa shape index (κ2) is 9.91. The maximum absolute atomic E-state index is 12.8. The molecule has 2 N–H and O–H groups in total. The Kier molecular flexibility index (Phi) is 7.83. The van der Waals surface area contributed by atoms with Gasteiger partial charge in [-0.3, -0.25) is 9.59 Å². The second-order valence-corrected chi connectivity index (χ2v) is 9.00. The van der Waals surface area contributed by atoms with Gasteiger partial charge in [0.15, 0.2) is 0 Å². The number of furan rings is 1. The summed E-state index contributed by atoms with van der Waals surface area (Å²) >= 11 is 5.80. The van der Waals surface area contributed by atoms with E-state index in [0.717, 1.165) is 0 Å². The topological polar surface area (TPSA) is 109 Å². The van der Waals surface area contributed by atoms with E-state index in [9.17, 15) is 18.0 Å². The average Bonchev–Trinajstić information content (AvgIpc) is 3.17. The van der Waals surface area contributed by atoms with Crippen molar-refractivity contribution in [1.29, 1.82) is 0 Å². The van der Waals surface area contributed by atoms with Gasteiger partial charge in [0.2, 0.25) is 21.8 Å². The summed E-state index contributed by atoms with van der Waals surface area (Å²) in [4.78, 5) is 26.1. The minimum absolute atomic E-state index is 0.000746. The Morgan fingerprint density at radius 3 is 2.38 bits per heavy atom. The van der Waals surface area contributed by atoms with Crippen LogP contribution in [0.2, 0.25) is 5.02 Å². The van der Waals surface area contributed by atoms with Crippen LogP contribution in [0, 0.1) is 5.92 Å². The van der Waals surface area contributed by atoms with Crippen molar-refractivity contribution >= 4 is 33.4 Å². The van der Waals surface area contributed by atoms with Crippen LogP contribution in [0.15, 0.2) is 52.0 Å². The molecule has 0 aliphatic carbocycles. The predicted octanol–water partition coefficient (Wildman–Crippen LogP) is 2.01. The number of halogens is 1. The molecule has 0 aliphatic heterocycles. The molecule has 0 bridgehead atoms. The van der Waals surface area contributed by atoms with E-state index in [2.05, 4.69) is 10.0 Å². The van der Waals surface area contributed by atoms with Crippen molar-refractivity contribution in [2.24, 2.45) is 5.92 Å². The molecule has 2 rings (SSSR count). The quantitative estimate of drug-likeness (QED) is 0.618. The van der Waals surface area contributed by atoms with Crippen LogP contribution in [-0.4, -0.2) is 44.8 Å². The van der Waals surface area contributed by atoms with E-state index >= 15 is 0 Å². The highest BCUT2D eigenvalue weighted by Gasteiger charge is 2.31. The van der Waals surface area contributed by atoms with Crippen molar-refractivity contribution in [3.05, 3.63) is 53.4 Å². The van der Waals surface area contributed by atoms with Gasteiger partial charge < -0.3 is 14.6 Å². The number of nitrogens with zero attached hydrogens (tertiary/aromatic N) is 1. The Hall–Kier alpha value is -2.36. The smallest absolute Gasteiger partial charge is 0.241 e. The van der Waals surface area contributed by atoms with Gasteiger partial charge >= 0.3 is 0 Å². The first-order valence-electron chi connectivity index (χ1n) is 8.92. The van der Waals surface area contributed by atoms with Crippen molar-refractivity contribution in [1.82, 2.24) is 14.9 Å². The van der Waals surface area contributed by atoms with Gasteiger partial charge in [-0.05, 0) is 42.3 Å². The van der Waals surface area contributed by atoms with Crippen LogP contribution in [0.5, 0.6) is 0 Å². The predicted molar refractivity (Wildman–Crippen MR) is 109 cm³/mol. The molecule has 158 valence electrons. The number of carbonyl (C=O) groups excluding carboxylic acids is 2. The SMILES string of the molecule is CC(C)[C@H](NS(=O)(=O)c1ccc(Cl)cc1)C(=O)N(C)CC(=O)NCc1ccco1. The number of amides is 2. The lowest BCUT2D eigenvalue weighted by Crippen LogP contribution is -2.51. The van der Waals surface area contributed by atoms with Crippen LogP contribution >= 0.6 is 11.6 Å². The first-order valence-corrected chi connectivity index (χ1v) is 10.8. The lowest BCUT2D eigenvalue weighted by molar-refractivity contribution is -0.136. The van der Waals surface area contributed by atoms with Gasteiger partial charge in [-0.25, -0.2) is 8.42 Å². The van der Waals surface area contributed by atoms with Crippen LogP contribution in [0.4, 0.5) is 0 Å². The fourth-order valence-electron chi connectivity index (χ4n) is 2.51. The number of hydrogen-bond acceptors (Lipinski definition) is 5. The summed E-state index contributed by atoms with van der Waals surface area (Å²) in [6.45, 7) is 3.42. The van der Waals surface area contributed by atoms with Crippen molar-refractivity contribution in [2.45, 2.75) is 31.3 Å². The standard InChI is InChI=1S/C19H24ClN3O5S/c1-13(2)18(22-29(26,27)16-8-6-14(20)7-9-16)19(25)23(3)12-17(24)21-11-15-5-4-10-28-15/h4-10,13,18,22H,11-12H2,1-3H3,(H,21,24)/t18-/m0/s1. The molecule has 0 fully saturated rings. The van der Waals surface area contributed by atoms with Gasteiger partial charge in [0.05, 0.1) is 24.2 Å². The molecule has 0 saturated heterocycles. The number of rotatable bonds is 9. The van der Waals surface area contributed by atoms with Gasteiger partial charge in [0, 0.05) is 12.1 Å². The first kappa shape index (κ1) is 22.9. The number of sulfonamides is 1. The van der Waals surface area contributed by atoms with Crippen LogP contribution in [-0.2, 0) is 26.2 Å². The third kappa shape index (κ3) is 6.59. The molecule has 8 nitrogen and oxygen atoms in total. The fraction of sp³-hybridized carbons (Fsp3) is 0.368. The Bertz CT molecular complexity index is 927. The maximum Gasteiger partial charge on any atom is 0.241 e. The van der Waals surface area contributed by atoms with Crippen molar-refractivity contribution in [3.8, 4) is 0 Å². The third-order valence-electron chi connectivity index (χ3n) is 4.14. The van der Waals surface area contributed by atoms with Crippen LogP contribution in [0.25, 0.3) is 0 Å². The molecule has 10 heteroatoms. The van der Waals surface area contributed by atoms with E-state index in [4.69, 9.17) is 16.0 Å². The molecule has 0 unspecified atom stereocenters. The molecule has 1 aromatic carbocycles. The van der Waals surface area contributed by atoms with Gasteiger partial charge in [-0.1, -0.05) is 25.4 Å². The van der Waals surface area contributed by atoms with E-state index in [1.807, 2.05) is 0 Å². The average molecular weight is 442 g/mol. The summed E-state index contributed by atoms with van der Waals surface area (Å²) in [5.41, 5.74) is 0. The zero-order valence-corrected chi connectivity index (χ0v) is 18.0. The normalized spacial score (nSPS) is 12.6. The molecule has 2 aromatic rings. The largest absolute Gasteiger partial charge is 0.467 e. The summed E-state index contributed by atoms with van der Waals surface area (Å²) in [7, 11) is -2.49. The molecule has 0 radical (unpaired) electrons. The molecule has 0 spiro atoms. The van der Waals surface area contributed by atoms with E-state index < -0.39 is 22.0 Å². The van der Waals surface area contributed by atoms with Crippen molar-refractivity contribution in [3.63, 3.8) is 0 Å². The van der Waals surface area contributed by atoms with Gasteiger partial charge in [0.25, 0.3) is 0 Å². The summed E-state index contributed by atoms with van der Waals surface area (Å²) < 4.78 is 32.8. The Labute approximate surface area is 175 Å². The first-order chi connectivity index (χ1) is 13.6. The Morgan fingerprint density at radius 2 is 1.83 bits per heavy atom. The van der Waals surface area contributed by atoms with E-state index in [1.54, 1.807) is 26.0 Å². The van der Waals surface area contributed by atoms with Gasteiger partial charge in [0.1, 0.15) is 11.8 Å². The zero-order chi connectivity index (χ0) is 21.6. The fourth-order valence-corrected chi connectivity index (χ4v) is 3.97. The molecule has 2 amide bonds. The number of likely N-dealkylation sites (N-methyl/N-ethyl adjacent to an activating group) is 1. The van der Waals surface area contributed by atoms with E-state index in [0.29, 0.717) is 10.8 Å². The molecular weight excluding hydrogens is 418 g/mol. The van der Waals surface area contributed by atoms with Gasteiger partial charge in [-0.2, -0.15) is 4.72 Å². The third-order valence-corrected chi connectivity index (χ3v) is 5.84. The zero-order valence-electron chi connectivity index (χ0n) is 16.4. The van der Waals surface area contributed by atoms with Gasteiger partial charge in [-0.15, -0.1) is 0 Å². The van der Waals surface area contributed by atoms with E-state index in [1.165, 1.54) is 42.5 Å². The van der Waals surface area contributed by atoms with Crippen LogP contribution in [0.1, 0.15) is 19.6 Å². The number of nitrogens with one attached hydrogen (secondary N) is 2. The molecule has 1 atom stereocenters. The lowest BCUT2D eigenvalue weighted by Gasteiger charge is -2.26. The Morgan fingerprint density at radius 1 is 1.17 bits per heavy atom. The summed E-state index contributed by atoms with van der Waals surface area (Å²) in [5.74, 6) is -0.646. The number of benzene rings is 1. The molecule has 0 aliphatic rings. The number of carbonyl (C=O) groups is 2. The minimum atomic E-state index is -3.94. The highest BCUT2D eigenvalue weighted by molar-refractivity contribution is 7.89.